The first-order valence-corrected chi connectivity index (χ1v) is 7.26. The lowest BCUT2D eigenvalue weighted by Gasteiger charge is -2.05. The Hall–Kier alpha value is -2.18. The monoisotopic (exact) mass is 321 g/mol. The average molecular weight is 322 g/mol. The maximum atomic E-state index is 11.7. The second-order valence-corrected chi connectivity index (χ2v) is 5.52. The fourth-order valence-electron chi connectivity index (χ4n) is 1.43. The van der Waals surface area contributed by atoms with Crippen LogP contribution in [0.25, 0.3) is 0 Å². The van der Waals surface area contributed by atoms with Crippen molar-refractivity contribution in [1.29, 1.82) is 0 Å². The van der Waals surface area contributed by atoms with Crippen molar-refractivity contribution in [2.24, 2.45) is 5.10 Å². The number of thiophene rings is 1. The number of anilines is 1. The number of carbonyl (C=O) groups excluding carboxylic acids is 2. The van der Waals surface area contributed by atoms with E-state index in [1.54, 1.807) is 18.2 Å². The number of nitrogens with zero attached hydrogens (tertiary/aromatic N) is 1. The Morgan fingerprint density at radius 2 is 2.10 bits per heavy atom. The van der Waals surface area contributed by atoms with Crippen molar-refractivity contribution in [2.75, 3.05) is 5.32 Å². The molecule has 1 aromatic heterocycles. The van der Waals surface area contributed by atoms with E-state index in [9.17, 15) is 9.59 Å². The number of hydrogen-bond donors (Lipinski definition) is 2. The lowest BCUT2D eigenvalue weighted by atomic mass is 10.2. The molecule has 5 nitrogen and oxygen atoms in total. The molecule has 0 saturated carbocycles. The Labute approximate surface area is 130 Å². The van der Waals surface area contributed by atoms with E-state index in [0.29, 0.717) is 10.7 Å². The molecule has 0 radical (unpaired) electrons. The van der Waals surface area contributed by atoms with E-state index in [1.165, 1.54) is 17.6 Å². The fraction of sp³-hybridized carbons (Fsp3) is 0.0714. The zero-order valence-corrected chi connectivity index (χ0v) is 12.7. The molecule has 21 heavy (non-hydrogen) atoms. The van der Waals surface area contributed by atoms with Crippen molar-refractivity contribution >= 4 is 46.7 Å². The summed E-state index contributed by atoms with van der Waals surface area (Å²) in [6.07, 6.45) is 1.47. The third kappa shape index (κ3) is 4.40. The SMILES string of the molecule is Cc1ccc(NC(=O)C(=O)NN=Cc2cccs2)cc1Cl. The molecule has 0 aliphatic heterocycles. The Kier molecular flexibility index (Phi) is 5.08. The molecule has 2 aromatic rings. The molecule has 7 heteroatoms. The minimum absolute atomic E-state index is 0.452. The summed E-state index contributed by atoms with van der Waals surface area (Å²) >= 11 is 7.42. The summed E-state index contributed by atoms with van der Waals surface area (Å²) in [5.41, 5.74) is 3.50. The second-order valence-electron chi connectivity index (χ2n) is 4.13. The minimum Gasteiger partial charge on any atom is -0.318 e. The molecule has 0 unspecified atom stereocenters. The average Bonchev–Trinajstić information content (AvgIpc) is 2.96. The van der Waals surface area contributed by atoms with Crippen LogP contribution in [0.3, 0.4) is 0 Å². The van der Waals surface area contributed by atoms with Crippen molar-refractivity contribution in [1.82, 2.24) is 5.43 Å². The van der Waals surface area contributed by atoms with Crippen LogP contribution in [0.5, 0.6) is 0 Å². The summed E-state index contributed by atoms with van der Waals surface area (Å²) in [6, 6.07) is 8.71. The molecule has 2 amide bonds. The predicted octanol–water partition coefficient (Wildman–Crippen LogP) is 2.80. The van der Waals surface area contributed by atoms with Crippen molar-refractivity contribution in [2.45, 2.75) is 6.92 Å². The van der Waals surface area contributed by atoms with Crippen LogP contribution in [0.1, 0.15) is 10.4 Å². The molecule has 0 aliphatic rings. The van der Waals surface area contributed by atoms with Crippen molar-refractivity contribution in [3.63, 3.8) is 0 Å². The molecule has 0 aliphatic carbocycles. The maximum Gasteiger partial charge on any atom is 0.329 e. The normalized spacial score (nSPS) is 10.6. The number of amides is 2. The first-order chi connectivity index (χ1) is 10.1. The van der Waals surface area contributed by atoms with Gasteiger partial charge < -0.3 is 5.32 Å². The Balaban J connectivity index is 1.90. The van der Waals surface area contributed by atoms with Gasteiger partial charge in [-0.3, -0.25) is 9.59 Å². The quantitative estimate of drug-likeness (QED) is 0.518. The zero-order chi connectivity index (χ0) is 15.2. The number of nitrogens with one attached hydrogen (secondary N) is 2. The molecule has 0 saturated heterocycles. The molecule has 108 valence electrons. The Morgan fingerprint density at radius 1 is 1.29 bits per heavy atom. The van der Waals surface area contributed by atoms with Gasteiger partial charge in [0.1, 0.15) is 0 Å². The van der Waals surface area contributed by atoms with Crippen LogP contribution >= 0.6 is 22.9 Å². The number of carbonyl (C=O) groups is 2. The molecule has 0 atom stereocenters. The summed E-state index contributed by atoms with van der Waals surface area (Å²) in [5.74, 6) is -1.65. The van der Waals surface area contributed by atoms with E-state index >= 15 is 0 Å². The lowest BCUT2D eigenvalue weighted by molar-refractivity contribution is -0.136. The van der Waals surface area contributed by atoms with E-state index in [4.69, 9.17) is 11.6 Å². The Bertz CT molecular complexity index is 684. The molecule has 0 spiro atoms. The standard InChI is InChI=1S/C14H12ClN3O2S/c1-9-4-5-10(7-12(9)15)17-13(19)14(20)18-16-8-11-3-2-6-21-11/h2-8H,1H3,(H,17,19)(H,18,20). The highest BCUT2D eigenvalue weighted by Crippen LogP contribution is 2.19. The van der Waals surface area contributed by atoms with Gasteiger partial charge in [0, 0.05) is 15.6 Å². The van der Waals surface area contributed by atoms with Crippen LogP contribution in [0.2, 0.25) is 5.02 Å². The summed E-state index contributed by atoms with van der Waals surface area (Å²) < 4.78 is 0. The van der Waals surface area contributed by atoms with Crippen LogP contribution in [-0.2, 0) is 9.59 Å². The molecular formula is C14H12ClN3O2S. The molecular weight excluding hydrogens is 310 g/mol. The van der Waals surface area contributed by atoms with E-state index in [1.807, 2.05) is 24.4 Å². The van der Waals surface area contributed by atoms with Gasteiger partial charge in [-0.2, -0.15) is 5.10 Å². The topological polar surface area (TPSA) is 70.6 Å². The van der Waals surface area contributed by atoms with Crippen molar-refractivity contribution in [3.05, 3.63) is 51.2 Å². The Morgan fingerprint density at radius 3 is 2.76 bits per heavy atom. The van der Waals surface area contributed by atoms with Gasteiger partial charge in [0.05, 0.1) is 6.21 Å². The highest BCUT2D eigenvalue weighted by molar-refractivity contribution is 7.11. The van der Waals surface area contributed by atoms with Crippen LogP contribution < -0.4 is 10.7 Å². The van der Waals surface area contributed by atoms with E-state index < -0.39 is 11.8 Å². The number of hydrogen-bond acceptors (Lipinski definition) is 4. The highest BCUT2D eigenvalue weighted by Gasteiger charge is 2.13. The van der Waals surface area contributed by atoms with E-state index in [2.05, 4.69) is 15.8 Å². The third-order valence-electron chi connectivity index (χ3n) is 2.54. The number of halogens is 1. The largest absolute Gasteiger partial charge is 0.329 e. The highest BCUT2D eigenvalue weighted by atomic mass is 35.5. The maximum absolute atomic E-state index is 11.7. The van der Waals surface area contributed by atoms with E-state index in [-0.39, 0.29) is 0 Å². The predicted molar refractivity (Wildman–Crippen MR) is 84.9 cm³/mol. The van der Waals surface area contributed by atoms with Gasteiger partial charge in [-0.05, 0) is 36.1 Å². The fourth-order valence-corrected chi connectivity index (χ4v) is 2.19. The molecule has 1 heterocycles. The van der Waals surface area contributed by atoms with Gasteiger partial charge in [0.2, 0.25) is 0 Å². The molecule has 0 bridgehead atoms. The number of hydrazone groups is 1. The van der Waals surface area contributed by atoms with Gasteiger partial charge in [0.25, 0.3) is 0 Å². The molecule has 2 N–H and O–H groups in total. The van der Waals surface area contributed by atoms with Gasteiger partial charge in [-0.15, -0.1) is 11.3 Å². The van der Waals surface area contributed by atoms with Crippen molar-refractivity contribution < 1.29 is 9.59 Å². The smallest absolute Gasteiger partial charge is 0.318 e. The summed E-state index contributed by atoms with van der Waals surface area (Å²) in [7, 11) is 0. The van der Waals surface area contributed by atoms with Gasteiger partial charge >= 0.3 is 11.8 Å². The van der Waals surface area contributed by atoms with Gasteiger partial charge in [0.15, 0.2) is 0 Å². The van der Waals surface area contributed by atoms with Crippen LogP contribution in [0, 0.1) is 6.92 Å². The van der Waals surface area contributed by atoms with Crippen LogP contribution in [0.15, 0.2) is 40.8 Å². The van der Waals surface area contributed by atoms with Gasteiger partial charge in [-0.1, -0.05) is 23.7 Å². The summed E-state index contributed by atoms with van der Waals surface area (Å²) in [5, 5.41) is 8.56. The first-order valence-electron chi connectivity index (χ1n) is 6.00. The zero-order valence-electron chi connectivity index (χ0n) is 11.1. The first kappa shape index (κ1) is 15.2. The number of rotatable bonds is 3. The van der Waals surface area contributed by atoms with Gasteiger partial charge in [-0.25, -0.2) is 5.43 Å². The molecule has 1 aromatic carbocycles. The summed E-state index contributed by atoms with van der Waals surface area (Å²) in [4.78, 5) is 24.1. The molecule has 0 fully saturated rings. The van der Waals surface area contributed by atoms with Crippen LogP contribution in [-0.4, -0.2) is 18.0 Å². The lowest BCUT2D eigenvalue weighted by Crippen LogP contribution is -2.32. The summed E-state index contributed by atoms with van der Waals surface area (Å²) in [6.45, 7) is 1.85. The van der Waals surface area contributed by atoms with Crippen LogP contribution in [0.4, 0.5) is 5.69 Å². The van der Waals surface area contributed by atoms with E-state index in [0.717, 1.165) is 10.4 Å². The van der Waals surface area contributed by atoms with Crippen molar-refractivity contribution in [3.8, 4) is 0 Å². The number of aryl methyl sites for hydroxylation is 1. The minimum atomic E-state index is -0.848. The number of benzene rings is 1. The second kappa shape index (κ2) is 7.01. The molecule has 2 rings (SSSR count). The third-order valence-corrected chi connectivity index (χ3v) is 3.75.